The second kappa shape index (κ2) is 8.75. The van der Waals surface area contributed by atoms with Gasteiger partial charge < -0.3 is 19.1 Å². The number of aliphatic hydroxyl groups is 1. The van der Waals surface area contributed by atoms with E-state index in [1.54, 1.807) is 50.1 Å². The van der Waals surface area contributed by atoms with Crippen LogP contribution in [0.3, 0.4) is 0 Å². The predicted molar refractivity (Wildman–Crippen MR) is 120 cm³/mol. The summed E-state index contributed by atoms with van der Waals surface area (Å²) in [4.78, 5) is 17.0. The monoisotopic (exact) mass is 475 g/mol. The summed E-state index contributed by atoms with van der Waals surface area (Å²) in [5, 5.41) is 12.4. The van der Waals surface area contributed by atoms with E-state index in [9.17, 15) is 18.3 Å². The van der Waals surface area contributed by atoms with E-state index in [1.807, 2.05) is 6.07 Å². The summed E-state index contributed by atoms with van der Waals surface area (Å²) < 4.78 is 44.2. The number of esters is 1. The highest BCUT2D eigenvalue weighted by Crippen LogP contribution is 2.48. The van der Waals surface area contributed by atoms with Crippen molar-refractivity contribution in [2.75, 3.05) is 13.7 Å². The molecule has 33 heavy (non-hydrogen) atoms. The van der Waals surface area contributed by atoms with Crippen molar-refractivity contribution in [3.63, 3.8) is 0 Å². The molecule has 11 heteroatoms. The van der Waals surface area contributed by atoms with E-state index in [2.05, 4.69) is 10.3 Å². The van der Waals surface area contributed by atoms with Gasteiger partial charge in [0.2, 0.25) is 0 Å². The highest BCUT2D eigenvalue weighted by Gasteiger charge is 2.42. The Hall–Kier alpha value is -2.99. The Kier molecular flexibility index (Phi) is 6.14. The van der Waals surface area contributed by atoms with Crippen molar-refractivity contribution < 1.29 is 32.0 Å². The fourth-order valence-corrected chi connectivity index (χ4v) is 5.66. The van der Waals surface area contributed by atoms with E-state index < -0.39 is 34.3 Å². The van der Waals surface area contributed by atoms with Gasteiger partial charge in [-0.25, -0.2) is 4.79 Å². The number of methoxy groups -OCH3 is 1. The van der Waals surface area contributed by atoms with Crippen LogP contribution in [0.2, 0.25) is 0 Å². The van der Waals surface area contributed by atoms with Gasteiger partial charge in [-0.1, -0.05) is 6.07 Å². The quantitative estimate of drug-likeness (QED) is 0.407. The lowest BCUT2D eigenvalue weighted by molar-refractivity contribution is 0.0584. The van der Waals surface area contributed by atoms with Crippen LogP contribution in [0.15, 0.2) is 30.7 Å². The normalized spacial score (nSPS) is 18.1. The summed E-state index contributed by atoms with van der Waals surface area (Å²) >= 11 is 0. The first-order chi connectivity index (χ1) is 15.7. The van der Waals surface area contributed by atoms with Crippen LogP contribution in [0.5, 0.6) is 5.75 Å². The zero-order chi connectivity index (χ0) is 23.9. The number of aromatic nitrogens is 2. The number of rotatable bonds is 6. The molecule has 0 radical (unpaired) electrons. The Bertz CT molecular complexity index is 1320. The minimum Gasteiger partial charge on any atom is -0.474 e. The number of ether oxygens (including phenoxy) is 2. The van der Waals surface area contributed by atoms with Gasteiger partial charge >= 0.3 is 5.97 Å². The van der Waals surface area contributed by atoms with Gasteiger partial charge in [0.25, 0.3) is 10.1 Å². The molecule has 0 aliphatic carbocycles. The third-order valence-corrected chi connectivity index (χ3v) is 7.06. The number of nitrogens with zero attached hydrogens (tertiary/aromatic N) is 2. The fourth-order valence-electron chi connectivity index (χ4n) is 4.32. The van der Waals surface area contributed by atoms with Crippen molar-refractivity contribution in [3.8, 4) is 16.9 Å². The highest BCUT2D eigenvalue weighted by atomic mass is 32.2. The van der Waals surface area contributed by atoms with E-state index >= 15 is 0 Å². The maximum absolute atomic E-state index is 13.2. The minimum absolute atomic E-state index is 0.0218. The highest BCUT2D eigenvalue weighted by molar-refractivity contribution is 7.87. The lowest BCUT2D eigenvalue weighted by Gasteiger charge is -2.33. The van der Waals surface area contributed by atoms with Gasteiger partial charge in [-0.3, -0.25) is 14.5 Å². The average Bonchev–Trinajstić information content (AvgIpc) is 3.14. The number of hydrogen-bond acceptors (Lipinski definition) is 9. The number of hydrogen-bond donors (Lipinski definition) is 2. The molecule has 0 fully saturated rings. The zero-order valence-corrected chi connectivity index (χ0v) is 19.5. The molecule has 2 N–H and O–H groups in total. The first-order valence-electron chi connectivity index (χ1n) is 10.3. The van der Waals surface area contributed by atoms with Gasteiger partial charge in [0, 0.05) is 53.3 Å². The molecule has 3 heterocycles. The topological polar surface area (TPSA) is 129 Å². The maximum Gasteiger partial charge on any atom is 0.342 e. The van der Waals surface area contributed by atoms with Crippen LogP contribution in [0.25, 0.3) is 22.0 Å². The van der Waals surface area contributed by atoms with Gasteiger partial charge in [0.1, 0.15) is 17.5 Å². The number of pyridine rings is 1. The molecule has 2 atom stereocenters. The third-order valence-electron chi connectivity index (χ3n) is 5.54. The van der Waals surface area contributed by atoms with E-state index in [1.165, 1.54) is 7.11 Å². The molecule has 0 bridgehead atoms. The summed E-state index contributed by atoms with van der Waals surface area (Å²) in [7, 11) is -1.20. The molecule has 2 unspecified atom stereocenters. The molecule has 1 aromatic carbocycles. The van der Waals surface area contributed by atoms with Crippen LogP contribution < -0.4 is 10.1 Å². The molecule has 176 valence electrons. The molecular weight excluding hydrogens is 450 g/mol. The molecule has 0 amide bonds. The number of carbonyl (C=O) groups excluding carboxylic acids is 1. The SMILES string of the molecule is CCOS(=O)(=O)C1NC(C)Oc2c(C(=O)OC)c(CO)c3c(c(-c4cccnc4)cn3C)c21. The first kappa shape index (κ1) is 23.2. The van der Waals surface area contributed by atoms with Crippen molar-refractivity contribution in [1.82, 2.24) is 14.9 Å². The average molecular weight is 476 g/mol. The predicted octanol–water partition coefficient (Wildman–Crippen LogP) is 2.21. The van der Waals surface area contributed by atoms with E-state index in [0.29, 0.717) is 16.5 Å². The Morgan fingerprint density at radius 3 is 2.76 bits per heavy atom. The van der Waals surface area contributed by atoms with Gasteiger partial charge in [-0.2, -0.15) is 8.42 Å². The number of aliphatic hydroxyl groups excluding tert-OH is 1. The molecule has 2 aromatic heterocycles. The van der Waals surface area contributed by atoms with E-state index in [4.69, 9.17) is 13.7 Å². The number of fused-ring (bicyclic) bond motifs is 3. The lowest BCUT2D eigenvalue weighted by Crippen LogP contribution is -2.44. The Morgan fingerprint density at radius 2 is 2.15 bits per heavy atom. The maximum atomic E-state index is 13.2. The minimum atomic E-state index is -4.16. The van der Waals surface area contributed by atoms with Crippen LogP contribution in [-0.2, 0) is 32.7 Å². The zero-order valence-electron chi connectivity index (χ0n) is 18.7. The van der Waals surface area contributed by atoms with Gasteiger partial charge in [0.05, 0.1) is 25.8 Å². The van der Waals surface area contributed by atoms with E-state index in [0.717, 1.165) is 5.56 Å². The van der Waals surface area contributed by atoms with Crippen LogP contribution in [0.1, 0.15) is 40.7 Å². The van der Waals surface area contributed by atoms with Crippen molar-refractivity contribution in [3.05, 3.63) is 47.4 Å². The van der Waals surface area contributed by atoms with Gasteiger partial charge in [-0.05, 0) is 19.9 Å². The number of aryl methyl sites for hydroxylation is 1. The molecule has 0 saturated heterocycles. The first-order valence-corrected chi connectivity index (χ1v) is 11.8. The summed E-state index contributed by atoms with van der Waals surface area (Å²) in [6.45, 7) is 2.65. The molecule has 1 aliphatic rings. The molecule has 4 rings (SSSR count). The van der Waals surface area contributed by atoms with Crippen LogP contribution in [0.4, 0.5) is 0 Å². The Labute approximate surface area is 191 Å². The molecule has 0 saturated carbocycles. The van der Waals surface area contributed by atoms with Crippen molar-refractivity contribution >= 4 is 27.0 Å². The summed E-state index contributed by atoms with van der Waals surface area (Å²) in [6.07, 6.45) is 4.31. The standard InChI is InChI=1S/C22H25N3O7S/c1-5-31-33(28,29)21-18-16-14(13-7-6-8-23-9-13)10-25(3)19(16)15(11-26)17(22(27)30-4)20(18)32-12(2)24-21/h6-10,12,21,24,26H,5,11H2,1-4H3. The number of nitrogens with one attached hydrogen (secondary N) is 1. The molecule has 3 aromatic rings. The lowest BCUT2D eigenvalue weighted by atomic mass is 9.93. The van der Waals surface area contributed by atoms with Crippen LogP contribution in [-0.4, -0.2) is 49.0 Å². The molecular formula is C22H25N3O7S. The van der Waals surface area contributed by atoms with Gasteiger partial charge in [0.15, 0.2) is 5.37 Å². The second-order valence-electron chi connectivity index (χ2n) is 7.57. The molecule has 10 nitrogen and oxygen atoms in total. The van der Waals surface area contributed by atoms with Crippen molar-refractivity contribution in [2.45, 2.75) is 32.1 Å². The van der Waals surface area contributed by atoms with Gasteiger partial charge in [-0.15, -0.1) is 0 Å². The largest absolute Gasteiger partial charge is 0.474 e. The summed E-state index contributed by atoms with van der Waals surface area (Å²) in [5.74, 6) is -0.711. The fraction of sp³-hybridized carbons (Fsp3) is 0.364. The van der Waals surface area contributed by atoms with Crippen LogP contribution >= 0.6 is 0 Å². The van der Waals surface area contributed by atoms with E-state index in [-0.39, 0.29) is 29.0 Å². The third kappa shape index (κ3) is 3.76. The second-order valence-corrected chi connectivity index (χ2v) is 9.26. The summed E-state index contributed by atoms with van der Waals surface area (Å²) in [5.41, 5.74) is 2.34. The van der Waals surface area contributed by atoms with Crippen molar-refractivity contribution in [1.29, 1.82) is 0 Å². The van der Waals surface area contributed by atoms with Crippen LogP contribution in [0, 0.1) is 0 Å². The smallest absolute Gasteiger partial charge is 0.342 e. The van der Waals surface area contributed by atoms with Crippen molar-refractivity contribution in [2.24, 2.45) is 7.05 Å². The number of carbonyl (C=O) groups is 1. The summed E-state index contributed by atoms with van der Waals surface area (Å²) in [6, 6.07) is 3.61. The Balaban J connectivity index is 2.23. The number of benzene rings is 1. The Morgan fingerprint density at radius 1 is 1.39 bits per heavy atom. The molecule has 1 aliphatic heterocycles. The molecule has 0 spiro atoms.